The molecule has 3 fully saturated rings. The molecule has 6 atom stereocenters. The quantitative estimate of drug-likeness (QED) is 0.737. The van der Waals surface area contributed by atoms with Crippen molar-refractivity contribution in [2.24, 2.45) is 5.92 Å². The fourth-order valence-corrected chi connectivity index (χ4v) is 4.78. The van der Waals surface area contributed by atoms with E-state index in [4.69, 9.17) is 18.9 Å². The Kier molecular flexibility index (Phi) is 5.39. The first kappa shape index (κ1) is 19.1. The molecule has 1 spiro atoms. The molecule has 27 heavy (non-hydrogen) atoms. The van der Waals surface area contributed by atoms with Gasteiger partial charge in [0, 0.05) is 12.3 Å². The Balaban J connectivity index is 1.33. The van der Waals surface area contributed by atoms with Crippen LogP contribution in [0, 0.1) is 5.92 Å². The van der Waals surface area contributed by atoms with Gasteiger partial charge in [-0.2, -0.15) is 0 Å². The fourth-order valence-electron chi connectivity index (χ4n) is 4.78. The molecule has 0 amide bonds. The summed E-state index contributed by atoms with van der Waals surface area (Å²) in [7, 11) is 0. The number of aldehydes is 1. The van der Waals surface area contributed by atoms with Crippen molar-refractivity contribution in [1.82, 2.24) is 0 Å². The standard InChI is InChI=1S/C22H30O5/c1-16-12-19(15-24-14-17-6-4-3-5-7-17)26-22(16)11-10-21(2)20(27-22)9-8-18(13-23)25-21/h3-7,13,16,18-20H,8-12,14-15H2,1-2H3/t16-,18-,19+,20+,21-,22+/m0/s1. The van der Waals surface area contributed by atoms with Crippen LogP contribution in [0.25, 0.3) is 0 Å². The van der Waals surface area contributed by atoms with Crippen LogP contribution < -0.4 is 0 Å². The van der Waals surface area contributed by atoms with Crippen LogP contribution in [0.5, 0.6) is 0 Å². The highest BCUT2D eigenvalue weighted by Crippen LogP contribution is 2.50. The van der Waals surface area contributed by atoms with Crippen molar-refractivity contribution in [1.29, 1.82) is 0 Å². The molecule has 4 rings (SSSR count). The summed E-state index contributed by atoms with van der Waals surface area (Å²) in [5.41, 5.74) is 0.784. The summed E-state index contributed by atoms with van der Waals surface area (Å²) in [6.45, 7) is 5.46. The van der Waals surface area contributed by atoms with E-state index < -0.39 is 5.79 Å². The summed E-state index contributed by atoms with van der Waals surface area (Å²) < 4.78 is 24.9. The highest BCUT2D eigenvalue weighted by atomic mass is 16.7. The van der Waals surface area contributed by atoms with Crippen molar-refractivity contribution in [2.45, 2.75) is 82.3 Å². The summed E-state index contributed by atoms with van der Waals surface area (Å²) in [5, 5.41) is 0. The van der Waals surface area contributed by atoms with E-state index >= 15 is 0 Å². The summed E-state index contributed by atoms with van der Waals surface area (Å²) in [6, 6.07) is 10.2. The Labute approximate surface area is 161 Å². The topological polar surface area (TPSA) is 54.0 Å². The zero-order valence-corrected chi connectivity index (χ0v) is 16.3. The Morgan fingerprint density at radius 1 is 1.15 bits per heavy atom. The predicted molar refractivity (Wildman–Crippen MR) is 100 cm³/mol. The highest BCUT2D eigenvalue weighted by Gasteiger charge is 2.57. The van der Waals surface area contributed by atoms with Gasteiger partial charge in [-0.15, -0.1) is 0 Å². The second kappa shape index (κ2) is 7.63. The first-order valence-electron chi connectivity index (χ1n) is 10.1. The SMILES string of the molecule is C[C@H]1C[C@H](COCc2ccccc2)O[C@@]12CC[C@]1(C)O[C@H](C=O)CC[C@H]1O2. The third kappa shape index (κ3) is 3.83. The van der Waals surface area contributed by atoms with Crippen LogP contribution in [0.2, 0.25) is 0 Å². The minimum atomic E-state index is -0.539. The van der Waals surface area contributed by atoms with Gasteiger partial charge in [-0.05, 0) is 38.2 Å². The third-order valence-corrected chi connectivity index (χ3v) is 6.43. The summed E-state index contributed by atoms with van der Waals surface area (Å²) in [6.07, 6.45) is 4.80. The normalized spacial score (nSPS) is 41.4. The Morgan fingerprint density at radius 2 is 1.96 bits per heavy atom. The molecular weight excluding hydrogens is 344 g/mol. The van der Waals surface area contributed by atoms with Crippen LogP contribution in [0.4, 0.5) is 0 Å². The number of rotatable bonds is 5. The van der Waals surface area contributed by atoms with Crippen LogP contribution in [-0.4, -0.2) is 42.6 Å². The van der Waals surface area contributed by atoms with E-state index in [9.17, 15) is 4.79 Å². The van der Waals surface area contributed by atoms with Gasteiger partial charge in [0.2, 0.25) is 0 Å². The van der Waals surface area contributed by atoms with Gasteiger partial charge in [0.15, 0.2) is 5.79 Å². The van der Waals surface area contributed by atoms with Gasteiger partial charge in [-0.25, -0.2) is 0 Å². The molecule has 0 radical (unpaired) electrons. The van der Waals surface area contributed by atoms with Crippen LogP contribution in [0.15, 0.2) is 30.3 Å². The molecule has 5 heteroatoms. The molecule has 5 nitrogen and oxygen atoms in total. The van der Waals surface area contributed by atoms with E-state index in [1.165, 1.54) is 5.56 Å². The molecule has 0 aromatic heterocycles. The van der Waals surface area contributed by atoms with Crippen molar-refractivity contribution in [3.8, 4) is 0 Å². The van der Waals surface area contributed by atoms with E-state index in [2.05, 4.69) is 26.0 Å². The van der Waals surface area contributed by atoms with Crippen LogP contribution in [0.3, 0.4) is 0 Å². The number of carbonyl (C=O) groups is 1. The summed E-state index contributed by atoms with van der Waals surface area (Å²) in [5.74, 6) is -0.223. The van der Waals surface area contributed by atoms with Crippen molar-refractivity contribution in [3.05, 3.63) is 35.9 Å². The van der Waals surface area contributed by atoms with Crippen LogP contribution >= 0.6 is 0 Å². The molecule has 0 bridgehead atoms. The number of carbonyl (C=O) groups excluding carboxylic acids is 1. The van der Waals surface area contributed by atoms with Gasteiger partial charge >= 0.3 is 0 Å². The molecular formula is C22H30O5. The number of ether oxygens (including phenoxy) is 4. The summed E-state index contributed by atoms with van der Waals surface area (Å²) in [4.78, 5) is 11.1. The summed E-state index contributed by atoms with van der Waals surface area (Å²) >= 11 is 0. The van der Waals surface area contributed by atoms with Gasteiger partial charge in [0.1, 0.15) is 12.4 Å². The Morgan fingerprint density at radius 3 is 2.74 bits per heavy atom. The van der Waals surface area contributed by atoms with E-state index in [1.54, 1.807) is 0 Å². The number of hydrogen-bond acceptors (Lipinski definition) is 5. The van der Waals surface area contributed by atoms with Crippen molar-refractivity contribution < 1.29 is 23.7 Å². The zero-order chi connectivity index (χ0) is 18.9. The lowest BCUT2D eigenvalue weighted by atomic mass is 9.79. The van der Waals surface area contributed by atoms with Crippen LogP contribution in [0.1, 0.15) is 51.5 Å². The van der Waals surface area contributed by atoms with Crippen molar-refractivity contribution in [3.63, 3.8) is 0 Å². The second-order valence-corrected chi connectivity index (χ2v) is 8.48. The van der Waals surface area contributed by atoms with Gasteiger partial charge in [0.25, 0.3) is 0 Å². The molecule has 1 aromatic carbocycles. The molecule has 0 N–H and O–H groups in total. The maximum Gasteiger partial charge on any atom is 0.171 e. The predicted octanol–water partition coefficient (Wildman–Crippen LogP) is 3.64. The Hall–Kier alpha value is -1.27. The minimum Gasteiger partial charge on any atom is -0.374 e. The van der Waals surface area contributed by atoms with Gasteiger partial charge < -0.3 is 23.7 Å². The average molecular weight is 374 g/mol. The largest absolute Gasteiger partial charge is 0.374 e. The minimum absolute atomic E-state index is 0.0195. The van der Waals surface area contributed by atoms with Gasteiger partial charge in [-0.3, -0.25) is 0 Å². The fraction of sp³-hybridized carbons (Fsp3) is 0.682. The van der Waals surface area contributed by atoms with Crippen molar-refractivity contribution >= 4 is 6.29 Å². The zero-order valence-electron chi connectivity index (χ0n) is 16.3. The maximum atomic E-state index is 11.1. The van der Waals surface area contributed by atoms with E-state index in [0.29, 0.717) is 19.1 Å². The van der Waals surface area contributed by atoms with E-state index in [1.807, 2.05) is 18.2 Å². The Bertz CT molecular complexity index is 649. The molecule has 0 aliphatic carbocycles. The molecule has 3 aliphatic heterocycles. The number of hydrogen-bond donors (Lipinski definition) is 0. The molecule has 0 saturated carbocycles. The first-order valence-corrected chi connectivity index (χ1v) is 10.1. The number of fused-ring (bicyclic) bond motifs is 1. The molecule has 3 saturated heterocycles. The first-order chi connectivity index (χ1) is 13.0. The lowest BCUT2D eigenvalue weighted by molar-refractivity contribution is -0.342. The average Bonchev–Trinajstić information content (AvgIpc) is 2.98. The van der Waals surface area contributed by atoms with Crippen LogP contribution in [-0.2, 0) is 30.3 Å². The molecule has 3 aliphatic rings. The van der Waals surface area contributed by atoms with Gasteiger partial charge in [0.05, 0.1) is 31.0 Å². The smallest absolute Gasteiger partial charge is 0.171 e. The lowest BCUT2D eigenvalue weighted by Crippen LogP contribution is -2.60. The third-order valence-electron chi connectivity index (χ3n) is 6.43. The van der Waals surface area contributed by atoms with Gasteiger partial charge in [-0.1, -0.05) is 37.3 Å². The van der Waals surface area contributed by atoms with E-state index in [-0.39, 0.29) is 23.9 Å². The molecule has 3 heterocycles. The monoisotopic (exact) mass is 374 g/mol. The van der Waals surface area contributed by atoms with Crippen molar-refractivity contribution in [2.75, 3.05) is 6.61 Å². The molecule has 0 unspecified atom stereocenters. The lowest BCUT2D eigenvalue weighted by Gasteiger charge is -2.52. The molecule has 1 aromatic rings. The highest BCUT2D eigenvalue weighted by molar-refractivity contribution is 5.56. The second-order valence-electron chi connectivity index (χ2n) is 8.48. The number of benzene rings is 1. The maximum absolute atomic E-state index is 11.1. The molecule has 148 valence electrons. The van der Waals surface area contributed by atoms with E-state index in [0.717, 1.165) is 38.4 Å².